The van der Waals surface area contributed by atoms with Crippen LogP contribution < -0.4 is 5.32 Å². The van der Waals surface area contributed by atoms with Gasteiger partial charge in [-0.25, -0.2) is 0 Å². The molecule has 0 spiro atoms. The lowest BCUT2D eigenvalue weighted by Crippen LogP contribution is -2.51. The molecule has 1 aromatic heterocycles. The average molecular weight is 278 g/mol. The molecule has 2 aliphatic rings. The second-order valence-electron chi connectivity index (χ2n) is 5.59. The van der Waals surface area contributed by atoms with E-state index >= 15 is 0 Å². The van der Waals surface area contributed by atoms with Gasteiger partial charge in [-0.05, 0) is 19.8 Å². The Hall–Kier alpha value is -1.89. The van der Waals surface area contributed by atoms with E-state index in [1.54, 1.807) is 9.47 Å². The van der Waals surface area contributed by atoms with Crippen LogP contribution in [0.3, 0.4) is 0 Å². The summed E-state index contributed by atoms with van der Waals surface area (Å²) < 4.78 is 1.78. The molecule has 2 fully saturated rings. The number of hydrogen-bond donors (Lipinski definition) is 1. The fourth-order valence-electron chi connectivity index (χ4n) is 2.67. The fraction of sp³-hybridized carbons (Fsp3) is 0.615. The highest BCUT2D eigenvalue weighted by molar-refractivity contribution is 5.93. The summed E-state index contributed by atoms with van der Waals surface area (Å²) in [5.41, 5.74) is 0.455. The quantitative estimate of drug-likeness (QED) is 0.664. The first kappa shape index (κ1) is 13.1. The molecule has 0 radical (unpaired) electrons. The SMILES string of the molecule is CC1CN(C(=O)c2cc([N+](=O)[O-])cn2C2CC2)CCN1. The van der Waals surface area contributed by atoms with E-state index in [0.29, 0.717) is 18.8 Å². The summed E-state index contributed by atoms with van der Waals surface area (Å²) in [6.07, 6.45) is 3.48. The van der Waals surface area contributed by atoms with Crippen molar-refractivity contribution in [2.75, 3.05) is 19.6 Å². The third-order valence-electron chi connectivity index (χ3n) is 3.86. The van der Waals surface area contributed by atoms with Crippen LogP contribution in [-0.4, -0.2) is 46.0 Å². The van der Waals surface area contributed by atoms with E-state index < -0.39 is 4.92 Å². The predicted molar refractivity (Wildman–Crippen MR) is 72.7 cm³/mol. The van der Waals surface area contributed by atoms with E-state index in [1.165, 1.54) is 12.3 Å². The molecule has 1 aliphatic heterocycles. The molecular weight excluding hydrogens is 260 g/mol. The lowest BCUT2D eigenvalue weighted by Gasteiger charge is -2.32. The van der Waals surface area contributed by atoms with Gasteiger partial charge in [0, 0.05) is 37.8 Å². The Balaban J connectivity index is 1.88. The van der Waals surface area contributed by atoms with E-state index in [9.17, 15) is 14.9 Å². The monoisotopic (exact) mass is 278 g/mol. The van der Waals surface area contributed by atoms with Crippen LogP contribution in [-0.2, 0) is 0 Å². The van der Waals surface area contributed by atoms with Crippen LogP contribution in [0.1, 0.15) is 36.3 Å². The van der Waals surface area contributed by atoms with E-state index in [2.05, 4.69) is 5.32 Å². The third kappa shape index (κ3) is 2.40. The minimum atomic E-state index is -0.434. The number of rotatable bonds is 3. The summed E-state index contributed by atoms with van der Waals surface area (Å²) >= 11 is 0. The van der Waals surface area contributed by atoms with Crippen molar-refractivity contribution < 1.29 is 9.72 Å². The molecule has 7 nitrogen and oxygen atoms in total. The van der Waals surface area contributed by atoms with Gasteiger partial charge in [0.05, 0.1) is 11.1 Å². The largest absolute Gasteiger partial charge is 0.335 e. The summed E-state index contributed by atoms with van der Waals surface area (Å²) in [5.74, 6) is -0.0987. The van der Waals surface area contributed by atoms with Gasteiger partial charge in [0.15, 0.2) is 0 Å². The first-order chi connectivity index (χ1) is 9.56. The molecule has 2 heterocycles. The zero-order valence-electron chi connectivity index (χ0n) is 11.4. The van der Waals surface area contributed by atoms with E-state index in [0.717, 1.165) is 19.4 Å². The van der Waals surface area contributed by atoms with Gasteiger partial charge in [0.2, 0.25) is 0 Å². The van der Waals surface area contributed by atoms with E-state index in [1.807, 2.05) is 6.92 Å². The van der Waals surface area contributed by atoms with Gasteiger partial charge in [-0.2, -0.15) is 0 Å². The Kier molecular flexibility index (Phi) is 3.21. The molecule has 1 unspecified atom stereocenters. The zero-order valence-corrected chi connectivity index (χ0v) is 11.4. The molecular formula is C13H18N4O3. The first-order valence-electron chi connectivity index (χ1n) is 6.95. The van der Waals surface area contributed by atoms with Crippen molar-refractivity contribution >= 4 is 11.6 Å². The van der Waals surface area contributed by atoms with Crippen molar-refractivity contribution in [1.29, 1.82) is 0 Å². The van der Waals surface area contributed by atoms with Crippen LogP contribution in [0.2, 0.25) is 0 Å². The number of nitro groups is 1. The highest BCUT2D eigenvalue weighted by Gasteiger charge is 2.32. The Labute approximate surface area is 116 Å². The molecule has 0 aromatic carbocycles. The number of piperazine rings is 1. The topological polar surface area (TPSA) is 80.4 Å². The van der Waals surface area contributed by atoms with Crippen molar-refractivity contribution in [1.82, 2.24) is 14.8 Å². The number of nitrogens with one attached hydrogen (secondary N) is 1. The lowest BCUT2D eigenvalue weighted by atomic mass is 10.2. The van der Waals surface area contributed by atoms with Crippen LogP contribution in [0.25, 0.3) is 0 Å². The Morgan fingerprint density at radius 1 is 1.50 bits per heavy atom. The third-order valence-corrected chi connectivity index (χ3v) is 3.86. The van der Waals surface area contributed by atoms with Crippen molar-refractivity contribution in [2.24, 2.45) is 0 Å². The minimum absolute atomic E-state index is 0.00318. The summed E-state index contributed by atoms with van der Waals surface area (Å²) in [4.78, 5) is 24.8. The van der Waals surface area contributed by atoms with Gasteiger partial charge >= 0.3 is 0 Å². The lowest BCUT2D eigenvalue weighted by molar-refractivity contribution is -0.384. The van der Waals surface area contributed by atoms with Gasteiger partial charge < -0.3 is 14.8 Å². The molecule has 3 rings (SSSR count). The predicted octanol–water partition coefficient (Wildman–Crippen LogP) is 1.17. The fourth-order valence-corrected chi connectivity index (χ4v) is 2.67. The molecule has 1 N–H and O–H groups in total. The molecule has 7 heteroatoms. The molecule has 1 saturated heterocycles. The van der Waals surface area contributed by atoms with Crippen LogP contribution in [0, 0.1) is 10.1 Å². The maximum Gasteiger partial charge on any atom is 0.287 e. The van der Waals surface area contributed by atoms with Crippen LogP contribution >= 0.6 is 0 Å². The van der Waals surface area contributed by atoms with Gasteiger partial charge in [0.1, 0.15) is 5.69 Å². The number of hydrogen-bond acceptors (Lipinski definition) is 4. The second-order valence-corrected chi connectivity index (χ2v) is 5.59. The van der Waals surface area contributed by atoms with Gasteiger partial charge in [-0.15, -0.1) is 0 Å². The molecule has 0 bridgehead atoms. The molecule has 20 heavy (non-hydrogen) atoms. The standard InChI is InChI=1S/C13H18N4O3/c1-9-7-15(5-4-14-9)13(18)12-6-11(17(19)20)8-16(12)10-2-3-10/h6,8-10,14H,2-5,7H2,1H3. The van der Waals surface area contributed by atoms with Crippen molar-refractivity contribution in [3.63, 3.8) is 0 Å². The molecule has 1 aliphatic carbocycles. The number of carbonyl (C=O) groups excluding carboxylic acids is 1. The summed E-state index contributed by atoms with van der Waals surface area (Å²) in [6, 6.07) is 1.92. The smallest absolute Gasteiger partial charge is 0.287 e. The molecule has 108 valence electrons. The Morgan fingerprint density at radius 3 is 2.85 bits per heavy atom. The maximum absolute atomic E-state index is 12.6. The first-order valence-corrected chi connectivity index (χ1v) is 6.95. The summed E-state index contributed by atoms with van der Waals surface area (Å²) in [5, 5.41) is 14.2. The van der Waals surface area contributed by atoms with Crippen LogP contribution in [0.4, 0.5) is 5.69 Å². The van der Waals surface area contributed by atoms with E-state index in [-0.39, 0.29) is 23.7 Å². The van der Waals surface area contributed by atoms with Gasteiger partial charge in [-0.3, -0.25) is 14.9 Å². The highest BCUT2D eigenvalue weighted by Crippen LogP contribution is 2.38. The number of aromatic nitrogens is 1. The van der Waals surface area contributed by atoms with Gasteiger partial charge in [0.25, 0.3) is 11.6 Å². The van der Waals surface area contributed by atoms with Gasteiger partial charge in [-0.1, -0.05) is 0 Å². The average Bonchev–Trinajstić information content (AvgIpc) is 3.16. The highest BCUT2D eigenvalue weighted by atomic mass is 16.6. The van der Waals surface area contributed by atoms with E-state index in [4.69, 9.17) is 0 Å². The van der Waals surface area contributed by atoms with Crippen LogP contribution in [0.5, 0.6) is 0 Å². The Bertz CT molecular complexity index is 550. The van der Waals surface area contributed by atoms with Crippen molar-refractivity contribution in [3.05, 3.63) is 28.1 Å². The zero-order chi connectivity index (χ0) is 14.3. The minimum Gasteiger partial charge on any atom is -0.335 e. The molecule has 1 aromatic rings. The number of carbonyl (C=O) groups is 1. The number of amides is 1. The number of nitrogens with zero attached hydrogens (tertiary/aromatic N) is 3. The Morgan fingerprint density at radius 2 is 2.25 bits per heavy atom. The van der Waals surface area contributed by atoms with Crippen molar-refractivity contribution in [2.45, 2.75) is 31.8 Å². The molecule has 1 saturated carbocycles. The normalized spacial score (nSPS) is 22.9. The summed E-state index contributed by atoms with van der Waals surface area (Å²) in [6.45, 7) is 4.08. The molecule has 1 atom stereocenters. The van der Waals surface area contributed by atoms with Crippen LogP contribution in [0.15, 0.2) is 12.3 Å². The summed E-state index contributed by atoms with van der Waals surface area (Å²) in [7, 11) is 0. The molecule has 1 amide bonds. The van der Waals surface area contributed by atoms with Crippen molar-refractivity contribution in [3.8, 4) is 0 Å². The maximum atomic E-state index is 12.6. The second kappa shape index (κ2) is 4.90.